The Kier molecular flexibility index (Phi) is 2.06. The zero-order valence-corrected chi connectivity index (χ0v) is 10.3. The van der Waals surface area contributed by atoms with E-state index in [1.807, 2.05) is 0 Å². The van der Waals surface area contributed by atoms with Crippen molar-refractivity contribution in [1.29, 1.82) is 0 Å². The normalized spacial score (nSPS) is 55.3. The smallest absolute Gasteiger partial charge is 0.00432 e. The molecule has 0 aromatic rings. The van der Waals surface area contributed by atoms with Crippen LogP contribution in [-0.2, 0) is 0 Å². The molecule has 2 N–H and O–H groups in total. The first kappa shape index (κ1) is 10.5. The first-order valence-corrected chi connectivity index (χ1v) is 6.07. The van der Waals surface area contributed by atoms with Crippen LogP contribution in [0.25, 0.3) is 0 Å². The van der Waals surface area contributed by atoms with E-state index >= 15 is 0 Å². The molecule has 1 nitrogen and oxygen atoms in total. The minimum atomic E-state index is 0.472. The number of nitrogens with two attached hydrogens (primary N) is 1. The lowest BCUT2D eigenvalue weighted by Gasteiger charge is -2.57. The summed E-state index contributed by atoms with van der Waals surface area (Å²) in [6.45, 7) is 13.1. The van der Waals surface area contributed by atoms with Crippen molar-refractivity contribution in [2.24, 2.45) is 40.2 Å². The zero-order chi connectivity index (χ0) is 10.7. The fraction of sp³-hybridized carbons (Fsp3) is 1.00. The van der Waals surface area contributed by atoms with Crippen LogP contribution in [0.2, 0.25) is 0 Å². The van der Waals surface area contributed by atoms with Crippen molar-refractivity contribution in [3.05, 3.63) is 0 Å². The van der Waals surface area contributed by atoms with Crippen LogP contribution in [0.5, 0.6) is 0 Å². The maximum absolute atomic E-state index is 5.94. The van der Waals surface area contributed by atoms with Crippen molar-refractivity contribution >= 4 is 0 Å². The predicted molar refractivity (Wildman–Crippen MR) is 60.9 cm³/mol. The maximum atomic E-state index is 5.94. The SMILES string of the molecule is CC1C(CN)C2CC(C)C2(C)C1(C)C. The van der Waals surface area contributed by atoms with Gasteiger partial charge in [-0.05, 0) is 47.5 Å². The molecular formula is C13H25N. The van der Waals surface area contributed by atoms with Crippen LogP contribution in [-0.4, -0.2) is 6.54 Å². The van der Waals surface area contributed by atoms with Crippen molar-refractivity contribution < 1.29 is 0 Å². The Morgan fingerprint density at radius 2 is 1.79 bits per heavy atom. The molecule has 2 aliphatic rings. The fourth-order valence-electron chi connectivity index (χ4n) is 4.55. The number of rotatable bonds is 1. The summed E-state index contributed by atoms with van der Waals surface area (Å²) in [4.78, 5) is 0. The third kappa shape index (κ3) is 0.856. The van der Waals surface area contributed by atoms with Crippen molar-refractivity contribution in [3.63, 3.8) is 0 Å². The Balaban J connectivity index is 2.37. The molecule has 0 aliphatic heterocycles. The quantitative estimate of drug-likeness (QED) is 0.684. The van der Waals surface area contributed by atoms with E-state index in [0.717, 1.165) is 30.2 Å². The third-order valence-corrected chi connectivity index (χ3v) is 6.36. The molecule has 5 unspecified atom stereocenters. The second kappa shape index (κ2) is 2.75. The number of fused-ring (bicyclic) bond motifs is 1. The van der Waals surface area contributed by atoms with Crippen LogP contribution >= 0.6 is 0 Å². The Labute approximate surface area is 88.4 Å². The van der Waals surface area contributed by atoms with Gasteiger partial charge in [-0.2, -0.15) is 0 Å². The van der Waals surface area contributed by atoms with Gasteiger partial charge < -0.3 is 5.73 Å². The molecule has 5 atom stereocenters. The Morgan fingerprint density at radius 3 is 2.14 bits per heavy atom. The van der Waals surface area contributed by atoms with Crippen LogP contribution in [0.1, 0.15) is 41.0 Å². The number of hydrogen-bond acceptors (Lipinski definition) is 1. The lowest BCUT2D eigenvalue weighted by atomic mass is 9.48. The molecule has 0 radical (unpaired) electrons. The average Bonchev–Trinajstić information content (AvgIpc) is 2.25. The molecule has 0 spiro atoms. The third-order valence-electron chi connectivity index (χ3n) is 6.36. The summed E-state index contributed by atoms with van der Waals surface area (Å²) in [6.07, 6.45) is 1.41. The Hall–Kier alpha value is -0.0400. The summed E-state index contributed by atoms with van der Waals surface area (Å²) in [5.41, 5.74) is 6.96. The lowest BCUT2D eigenvalue weighted by Crippen LogP contribution is -2.51. The van der Waals surface area contributed by atoms with Gasteiger partial charge >= 0.3 is 0 Å². The lowest BCUT2D eigenvalue weighted by molar-refractivity contribution is -0.0859. The van der Waals surface area contributed by atoms with Gasteiger partial charge in [0.2, 0.25) is 0 Å². The van der Waals surface area contributed by atoms with E-state index in [1.165, 1.54) is 6.42 Å². The highest BCUT2D eigenvalue weighted by molar-refractivity contribution is 5.15. The Morgan fingerprint density at radius 1 is 1.21 bits per heavy atom. The second-order valence-corrected chi connectivity index (χ2v) is 6.44. The van der Waals surface area contributed by atoms with Gasteiger partial charge in [-0.15, -0.1) is 0 Å². The molecule has 0 aromatic heterocycles. The maximum Gasteiger partial charge on any atom is -0.00432 e. The van der Waals surface area contributed by atoms with Crippen LogP contribution in [0.3, 0.4) is 0 Å². The first-order chi connectivity index (χ1) is 6.37. The standard InChI is InChI=1S/C13H25N/c1-8-6-11-10(7-14)9(2)12(3,4)13(8,11)5/h8-11H,6-7,14H2,1-5H3. The first-order valence-electron chi connectivity index (χ1n) is 6.07. The van der Waals surface area contributed by atoms with E-state index in [4.69, 9.17) is 5.73 Å². The van der Waals surface area contributed by atoms with Crippen molar-refractivity contribution in [2.45, 2.75) is 41.0 Å². The summed E-state index contributed by atoms with van der Waals surface area (Å²) in [5.74, 6) is 3.34. The van der Waals surface area contributed by atoms with Gasteiger partial charge in [0.25, 0.3) is 0 Å². The second-order valence-electron chi connectivity index (χ2n) is 6.44. The highest BCUT2D eigenvalue weighted by atomic mass is 14.7. The fourth-order valence-corrected chi connectivity index (χ4v) is 4.55. The van der Waals surface area contributed by atoms with Crippen LogP contribution < -0.4 is 5.73 Å². The average molecular weight is 195 g/mol. The highest BCUT2D eigenvalue weighted by Gasteiger charge is 2.67. The predicted octanol–water partition coefficient (Wildman–Crippen LogP) is 2.90. The summed E-state index contributed by atoms with van der Waals surface area (Å²) >= 11 is 0. The van der Waals surface area contributed by atoms with E-state index in [9.17, 15) is 0 Å². The zero-order valence-electron chi connectivity index (χ0n) is 10.3. The van der Waals surface area contributed by atoms with Crippen molar-refractivity contribution in [3.8, 4) is 0 Å². The molecule has 14 heavy (non-hydrogen) atoms. The van der Waals surface area contributed by atoms with Crippen LogP contribution in [0, 0.1) is 34.5 Å². The van der Waals surface area contributed by atoms with E-state index in [-0.39, 0.29) is 0 Å². The monoisotopic (exact) mass is 195 g/mol. The molecule has 2 rings (SSSR count). The molecule has 0 saturated heterocycles. The summed E-state index contributed by atoms with van der Waals surface area (Å²) in [5, 5.41) is 0. The van der Waals surface area contributed by atoms with E-state index in [2.05, 4.69) is 34.6 Å². The molecule has 2 aliphatic carbocycles. The van der Waals surface area contributed by atoms with Crippen molar-refractivity contribution in [2.75, 3.05) is 6.54 Å². The molecule has 0 heterocycles. The van der Waals surface area contributed by atoms with Crippen LogP contribution in [0.15, 0.2) is 0 Å². The minimum Gasteiger partial charge on any atom is -0.330 e. The van der Waals surface area contributed by atoms with Crippen LogP contribution in [0.4, 0.5) is 0 Å². The van der Waals surface area contributed by atoms with E-state index in [1.54, 1.807) is 0 Å². The van der Waals surface area contributed by atoms with Gasteiger partial charge in [0.1, 0.15) is 0 Å². The van der Waals surface area contributed by atoms with Gasteiger partial charge in [0.05, 0.1) is 0 Å². The van der Waals surface area contributed by atoms with Gasteiger partial charge in [0.15, 0.2) is 0 Å². The van der Waals surface area contributed by atoms with Gasteiger partial charge in [-0.25, -0.2) is 0 Å². The topological polar surface area (TPSA) is 26.0 Å². The van der Waals surface area contributed by atoms with E-state index in [0.29, 0.717) is 10.8 Å². The highest BCUT2D eigenvalue weighted by Crippen LogP contribution is 2.72. The minimum absolute atomic E-state index is 0.472. The molecule has 0 amide bonds. The van der Waals surface area contributed by atoms with Gasteiger partial charge in [-0.1, -0.05) is 34.6 Å². The van der Waals surface area contributed by atoms with Crippen molar-refractivity contribution in [1.82, 2.24) is 0 Å². The van der Waals surface area contributed by atoms with Gasteiger partial charge in [0, 0.05) is 0 Å². The molecule has 2 saturated carbocycles. The molecule has 0 bridgehead atoms. The summed E-state index contributed by atoms with van der Waals surface area (Å²) in [7, 11) is 0. The summed E-state index contributed by atoms with van der Waals surface area (Å²) in [6, 6.07) is 0. The molecule has 2 fully saturated rings. The van der Waals surface area contributed by atoms with E-state index < -0.39 is 0 Å². The number of hydrogen-bond donors (Lipinski definition) is 1. The molecule has 0 aromatic carbocycles. The molecular weight excluding hydrogens is 170 g/mol. The largest absolute Gasteiger partial charge is 0.330 e. The Bertz CT molecular complexity index is 246. The summed E-state index contributed by atoms with van der Waals surface area (Å²) < 4.78 is 0. The molecule has 1 heteroatoms. The molecule has 82 valence electrons. The van der Waals surface area contributed by atoms with Gasteiger partial charge in [-0.3, -0.25) is 0 Å².